The second kappa shape index (κ2) is 9.54. The lowest BCUT2D eigenvalue weighted by atomic mass is 9.79. The minimum absolute atomic E-state index is 0.0796. The number of benzene rings is 1. The molecule has 1 aliphatic carbocycles. The van der Waals surface area contributed by atoms with Crippen LogP contribution in [0, 0.1) is 5.41 Å². The molecule has 2 saturated heterocycles. The number of carbonyl (C=O) groups is 2. The Kier molecular flexibility index (Phi) is 6.45. The Morgan fingerprint density at radius 3 is 2.51 bits per heavy atom. The Morgan fingerprint density at radius 1 is 1.11 bits per heavy atom. The lowest BCUT2D eigenvalue weighted by molar-refractivity contribution is -0.308. The largest absolute Gasteiger partial charge is 0.550 e. The van der Waals surface area contributed by atoms with Crippen molar-refractivity contribution in [1.82, 2.24) is 25.5 Å². The van der Waals surface area contributed by atoms with Crippen LogP contribution in [0.25, 0.3) is 11.4 Å². The van der Waals surface area contributed by atoms with Gasteiger partial charge in [-0.15, -0.1) is 5.10 Å². The quantitative estimate of drug-likeness (QED) is 0.563. The van der Waals surface area contributed by atoms with Crippen molar-refractivity contribution in [2.24, 2.45) is 5.41 Å². The number of carbonyl (C=O) groups excluding carboxylic acids is 2. The zero-order valence-corrected chi connectivity index (χ0v) is 20.1. The predicted molar refractivity (Wildman–Crippen MR) is 123 cm³/mol. The molecule has 2 aromatic rings. The Bertz CT molecular complexity index is 1060. The van der Waals surface area contributed by atoms with Gasteiger partial charge in [0, 0.05) is 37.7 Å². The first-order chi connectivity index (χ1) is 16.8. The van der Waals surface area contributed by atoms with Gasteiger partial charge < -0.3 is 29.6 Å². The van der Waals surface area contributed by atoms with Crippen molar-refractivity contribution >= 4 is 17.6 Å². The molecule has 11 nitrogen and oxygen atoms in total. The number of hydrogen-bond donors (Lipinski definition) is 1. The predicted octanol–water partition coefficient (Wildman–Crippen LogP) is 0.320. The SMILES string of the molecule is CN(C)c1ccc(-c2nnnn2[C@H]2CO[C@H]3[C@@H]2OC[C@@H]3NC(=O)CC2(CC(=O)[O-])CCCC2)cc1. The van der Waals surface area contributed by atoms with E-state index in [0.717, 1.165) is 36.9 Å². The highest BCUT2D eigenvalue weighted by atomic mass is 16.6. The number of hydrogen-bond acceptors (Lipinski definition) is 9. The molecule has 2 aliphatic heterocycles. The molecule has 3 fully saturated rings. The van der Waals surface area contributed by atoms with Crippen molar-refractivity contribution in [1.29, 1.82) is 0 Å². The third-order valence-corrected chi connectivity index (χ3v) is 7.54. The summed E-state index contributed by atoms with van der Waals surface area (Å²) in [7, 11) is 3.97. The summed E-state index contributed by atoms with van der Waals surface area (Å²) in [6.07, 6.45) is 2.83. The molecule has 0 bridgehead atoms. The van der Waals surface area contributed by atoms with Crippen molar-refractivity contribution in [2.75, 3.05) is 32.2 Å². The number of tetrazole rings is 1. The van der Waals surface area contributed by atoms with Crippen LogP contribution in [-0.2, 0) is 19.1 Å². The van der Waals surface area contributed by atoms with Gasteiger partial charge in [-0.25, -0.2) is 4.68 Å². The minimum atomic E-state index is -1.10. The van der Waals surface area contributed by atoms with Crippen molar-refractivity contribution < 1.29 is 24.2 Å². The van der Waals surface area contributed by atoms with Crippen LogP contribution in [0.3, 0.4) is 0 Å². The van der Waals surface area contributed by atoms with Crippen LogP contribution in [0.4, 0.5) is 5.69 Å². The first kappa shape index (κ1) is 23.7. The van der Waals surface area contributed by atoms with Gasteiger partial charge in [-0.3, -0.25) is 4.79 Å². The van der Waals surface area contributed by atoms with Crippen LogP contribution >= 0.6 is 0 Å². The summed E-state index contributed by atoms with van der Waals surface area (Å²) in [5, 5.41) is 26.6. The lowest BCUT2D eigenvalue weighted by Gasteiger charge is -2.29. The molecule has 5 rings (SSSR count). The highest BCUT2D eigenvalue weighted by Gasteiger charge is 2.50. The fourth-order valence-corrected chi connectivity index (χ4v) is 5.77. The number of rotatable bonds is 8. The van der Waals surface area contributed by atoms with E-state index in [1.807, 2.05) is 43.3 Å². The number of nitrogens with one attached hydrogen (secondary N) is 1. The maximum atomic E-state index is 12.9. The fraction of sp³-hybridized carbons (Fsp3) is 0.625. The number of aliphatic carboxylic acids is 1. The van der Waals surface area contributed by atoms with Gasteiger partial charge in [0.1, 0.15) is 18.2 Å². The van der Waals surface area contributed by atoms with Crippen molar-refractivity contribution in [2.45, 2.75) is 62.8 Å². The molecule has 1 aromatic heterocycles. The topological polar surface area (TPSA) is 135 Å². The van der Waals surface area contributed by atoms with E-state index >= 15 is 0 Å². The summed E-state index contributed by atoms with van der Waals surface area (Å²) in [6, 6.07) is 7.46. The average Bonchev–Trinajstić information content (AvgIpc) is 3.59. The summed E-state index contributed by atoms with van der Waals surface area (Å²) < 4.78 is 13.9. The molecule has 11 heteroatoms. The fourth-order valence-electron chi connectivity index (χ4n) is 5.77. The normalized spacial score (nSPS) is 27.0. The van der Waals surface area contributed by atoms with E-state index in [1.165, 1.54) is 0 Å². The molecule has 188 valence electrons. The molecule has 1 N–H and O–H groups in total. The standard InChI is InChI=1S/C24H32N6O5/c1-29(2)16-7-5-15(6-8-16)23-26-27-28-30(23)18-14-35-21-17(13-34-22(18)21)25-19(31)11-24(12-20(32)33)9-3-4-10-24/h5-8,17-18,21-22H,3-4,9-14H2,1-2H3,(H,25,31)(H,32,33)/p-1/t17-,18-,21+,22+/m0/s1. The number of amides is 1. The van der Waals surface area contributed by atoms with Gasteiger partial charge in [-0.1, -0.05) is 12.8 Å². The van der Waals surface area contributed by atoms with Gasteiger partial charge >= 0.3 is 0 Å². The maximum absolute atomic E-state index is 12.9. The van der Waals surface area contributed by atoms with Crippen molar-refractivity contribution in [3.8, 4) is 11.4 Å². The van der Waals surface area contributed by atoms with E-state index in [2.05, 4.69) is 20.8 Å². The Balaban J connectivity index is 1.25. The Hall–Kier alpha value is -3.05. The van der Waals surface area contributed by atoms with Crippen LogP contribution in [0.2, 0.25) is 0 Å². The van der Waals surface area contributed by atoms with Crippen molar-refractivity contribution in [3.05, 3.63) is 24.3 Å². The molecule has 3 heterocycles. The van der Waals surface area contributed by atoms with E-state index < -0.39 is 11.4 Å². The van der Waals surface area contributed by atoms with Crippen molar-refractivity contribution in [3.63, 3.8) is 0 Å². The van der Waals surface area contributed by atoms with Crippen LogP contribution < -0.4 is 15.3 Å². The Morgan fingerprint density at radius 2 is 1.83 bits per heavy atom. The maximum Gasteiger partial charge on any atom is 0.220 e. The highest BCUT2D eigenvalue weighted by Crippen LogP contribution is 2.44. The molecular formula is C24H31N6O5-. The third kappa shape index (κ3) is 4.74. The summed E-state index contributed by atoms with van der Waals surface area (Å²) in [4.78, 5) is 26.2. The van der Waals surface area contributed by atoms with E-state index in [1.54, 1.807) is 4.68 Å². The molecule has 35 heavy (non-hydrogen) atoms. The second-order valence-corrected chi connectivity index (χ2v) is 10.2. The molecule has 3 aliphatic rings. The number of fused-ring (bicyclic) bond motifs is 1. The van der Waals surface area contributed by atoms with Crippen LogP contribution in [0.1, 0.15) is 44.6 Å². The van der Waals surface area contributed by atoms with Gasteiger partial charge in [0.05, 0.1) is 19.3 Å². The van der Waals surface area contributed by atoms with Gasteiger partial charge in [-0.2, -0.15) is 0 Å². The monoisotopic (exact) mass is 483 g/mol. The van der Waals surface area contributed by atoms with Crippen LogP contribution in [0.15, 0.2) is 24.3 Å². The van der Waals surface area contributed by atoms with Crippen LogP contribution in [0.5, 0.6) is 0 Å². The number of aromatic nitrogens is 4. The smallest absolute Gasteiger partial charge is 0.220 e. The molecule has 0 radical (unpaired) electrons. The number of carboxylic acid groups (broad SMARTS) is 1. The Labute approximate surface area is 203 Å². The zero-order valence-electron chi connectivity index (χ0n) is 20.1. The molecule has 1 amide bonds. The highest BCUT2D eigenvalue weighted by molar-refractivity contribution is 5.78. The number of anilines is 1. The molecule has 0 unspecified atom stereocenters. The molecule has 1 saturated carbocycles. The minimum Gasteiger partial charge on any atom is -0.550 e. The first-order valence-electron chi connectivity index (χ1n) is 12.1. The molecule has 4 atom stereocenters. The number of carboxylic acids is 1. The van der Waals surface area contributed by atoms with Gasteiger partial charge in [-0.05, 0) is 59.4 Å². The molecular weight excluding hydrogens is 452 g/mol. The molecule has 1 aromatic carbocycles. The van der Waals surface area contributed by atoms with E-state index in [-0.39, 0.29) is 43.0 Å². The average molecular weight is 484 g/mol. The van der Waals surface area contributed by atoms with E-state index in [0.29, 0.717) is 19.0 Å². The van der Waals surface area contributed by atoms with Gasteiger partial charge in [0.25, 0.3) is 0 Å². The van der Waals surface area contributed by atoms with Crippen LogP contribution in [-0.4, -0.2) is 77.6 Å². The molecule has 0 spiro atoms. The number of nitrogens with zero attached hydrogens (tertiary/aromatic N) is 5. The van der Waals surface area contributed by atoms with E-state index in [4.69, 9.17) is 9.47 Å². The summed E-state index contributed by atoms with van der Waals surface area (Å²) in [5.41, 5.74) is 1.46. The zero-order chi connectivity index (χ0) is 24.6. The number of ether oxygens (including phenoxy) is 2. The lowest BCUT2D eigenvalue weighted by Crippen LogP contribution is -2.46. The van der Waals surface area contributed by atoms with Gasteiger partial charge in [0.15, 0.2) is 5.82 Å². The van der Waals surface area contributed by atoms with E-state index in [9.17, 15) is 14.7 Å². The van der Waals surface area contributed by atoms with Gasteiger partial charge in [0.2, 0.25) is 5.91 Å². The summed E-state index contributed by atoms with van der Waals surface area (Å²) in [5.74, 6) is -0.635. The second-order valence-electron chi connectivity index (χ2n) is 10.2. The third-order valence-electron chi connectivity index (χ3n) is 7.54. The summed E-state index contributed by atoms with van der Waals surface area (Å²) in [6.45, 7) is 0.685. The summed E-state index contributed by atoms with van der Waals surface area (Å²) >= 11 is 0. The first-order valence-corrected chi connectivity index (χ1v) is 12.1.